The SMILES string of the molecule is COC(=O)[C@@H](C)[C@@H](O)c1cccc(OCC2CC2c2cc(OC)ncc2F)c1. The fraction of sp³-hybridized carbons (Fsp3) is 0.429. The Morgan fingerprint density at radius 3 is 2.86 bits per heavy atom. The highest BCUT2D eigenvalue weighted by molar-refractivity contribution is 5.72. The van der Waals surface area contributed by atoms with Gasteiger partial charge < -0.3 is 19.3 Å². The Balaban J connectivity index is 1.60. The van der Waals surface area contributed by atoms with Crippen molar-refractivity contribution in [3.05, 3.63) is 53.5 Å². The molecule has 1 aliphatic rings. The average molecular weight is 389 g/mol. The van der Waals surface area contributed by atoms with Crippen molar-refractivity contribution in [2.45, 2.75) is 25.4 Å². The molecule has 3 rings (SSSR count). The Hall–Kier alpha value is -2.67. The van der Waals surface area contributed by atoms with Crippen molar-refractivity contribution >= 4 is 5.97 Å². The van der Waals surface area contributed by atoms with E-state index in [9.17, 15) is 14.3 Å². The van der Waals surface area contributed by atoms with E-state index in [4.69, 9.17) is 9.47 Å². The molecule has 7 heteroatoms. The smallest absolute Gasteiger partial charge is 0.311 e. The number of benzene rings is 1. The number of methoxy groups -OCH3 is 2. The van der Waals surface area contributed by atoms with Crippen molar-refractivity contribution in [1.29, 1.82) is 0 Å². The summed E-state index contributed by atoms with van der Waals surface area (Å²) in [4.78, 5) is 15.5. The Kier molecular flexibility index (Phi) is 6.14. The second-order valence-electron chi connectivity index (χ2n) is 6.99. The average Bonchev–Trinajstić information content (AvgIpc) is 3.50. The van der Waals surface area contributed by atoms with E-state index in [1.54, 1.807) is 37.3 Å². The first-order valence-electron chi connectivity index (χ1n) is 9.12. The molecule has 4 atom stereocenters. The molecule has 2 unspecified atom stereocenters. The molecule has 0 amide bonds. The van der Waals surface area contributed by atoms with E-state index in [2.05, 4.69) is 9.72 Å². The predicted molar refractivity (Wildman–Crippen MR) is 99.7 cm³/mol. The number of esters is 1. The van der Waals surface area contributed by atoms with Gasteiger partial charge >= 0.3 is 5.97 Å². The molecule has 0 saturated heterocycles. The van der Waals surface area contributed by atoms with E-state index in [0.717, 1.165) is 6.42 Å². The maximum atomic E-state index is 14.0. The molecule has 0 radical (unpaired) electrons. The van der Waals surface area contributed by atoms with Gasteiger partial charge in [0.1, 0.15) is 11.6 Å². The number of aliphatic hydroxyl groups is 1. The van der Waals surface area contributed by atoms with Gasteiger partial charge in [-0.3, -0.25) is 4.79 Å². The predicted octanol–water partition coefficient (Wildman–Crippen LogP) is 3.25. The zero-order valence-electron chi connectivity index (χ0n) is 16.1. The molecule has 1 heterocycles. The fourth-order valence-corrected chi connectivity index (χ4v) is 3.24. The second kappa shape index (κ2) is 8.56. The number of aromatic nitrogens is 1. The summed E-state index contributed by atoms with van der Waals surface area (Å²) >= 11 is 0. The first kappa shape index (κ1) is 20.1. The number of rotatable bonds is 8. The van der Waals surface area contributed by atoms with Crippen LogP contribution >= 0.6 is 0 Å². The number of halogens is 1. The van der Waals surface area contributed by atoms with E-state index >= 15 is 0 Å². The molecule has 1 aromatic carbocycles. The summed E-state index contributed by atoms with van der Waals surface area (Å²) < 4.78 is 29.6. The lowest BCUT2D eigenvalue weighted by Crippen LogP contribution is -2.20. The number of pyridine rings is 1. The van der Waals surface area contributed by atoms with Crippen molar-refractivity contribution in [2.75, 3.05) is 20.8 Å². The summed E-state index contributed by atoms with van der Waals surface area (Å²) in [7, 11) is 2.79. The van der Waals surface area contributed by atoms with Gasteiger partial charge in [0.15, 0.2) is 0 Å². The van der Waals surface area contributed by atoms with Crippen LogP contribution in [0.25, 0.3) is 0 Å². The van der Waals surface area contributed by atoms with Gasteiger partial charge in [-0.25, -0.2) is 9.37 Å². The second-order valence-corrected chi connectivity index (χ2v) is 6.99. The number of hydrogen-bond donors (Lipinski definition) is 1. The summed E-state index contributed by atoms with van der Waals surface area (Å²) in [5.41, 5.74) is 1.17. The van der Waals surface area contributed by atoms with Crippen LogP contribution in [0.4, 0.5) is 4.39 Å². The summed E-state index contributed by atoms with van der Waals surface area (Å²) in [6.45, 7) is 2.04. The molecule has 2 aromatic rings. The van der Waals surface area contributed by atoms with Crippen LogP contribution in [0.3, 0.4) is 0 Å². The van der Waals surface area contributed by atoms with Gasteiger partial charge in [-0.05, 0) is 42.5 Å². The van der Waals surface area contributed by atoms with Crippen LogP contribution in [-0.2, 0) is 9.53 Å². The zero-order valence-corrected chi connectivity index (χ0v) is 16.1. The third kappa shape index (κ3) is 4.42. The Labute approximate surface area is 163 Å². The van der Waals surface area contributed by atoms with Gasteiger partial charge in [0.05, 0.1) is 39.0 Å². The molecule has 0 bridgehead atoms. The van der Waals surface area contributed by atoms with Gasteiger partial charge in [-0.2, -0.15) is 0 Å². The molecular formula is C21H24FNO5. The third-order valence-corrected chi connectivity index (χ3v) is 5.10. The first-order valence-corrected chi connectivity index (χ1v) is 9.12. The monoisotopic (exact) mass is 389 g/mol. The molecule has 150 valence electrons. The highest BCUT2D eigenvalue weighted by Gasteiger charge is 2.41. The number of nitrogens with zero attached hydrogens (tertiary/aromatic N) is 1. The lowest BCUT2D eigenvalue weighted by Gasteiger charge is -2.17. The van der Waals surface area contributed by atoms with Crippen molar-refractivity contribution in [3.8, 4) is 11.6 Å². The normalized spacial score (nSPS) is 20.2. The minimum atomic E-state index is -0.983. The van der Waals surface area contributed by atoms with Crippen LogP contribution in [0.2, 0.25) is 0 Å². The summed E-state index contributed by atoms with van der Waals surface area (Å²) in [6.07, 6.45) is 1.02. The fourth-order valence-electron chi connectivity index (χ4n) is 3.24. The van der Waals surface area contributed by atoms with E-state index in [-0.39, 0.29) is 17.7 Å². The first-order chi connectivity index (χ1) is 13.4. The molecule has 0 spiro atoms. The van der Waals surface area contributed by atoms with Crippen LogP contribution in [0.1, 0.15) is 36.5 Å². The van der Waals surface area contributed by atoms with Crippen LogP contribution in [0, 0.1) is 17.7 Å². The van der Waals surface area contributed by atoms with Crippen molar-refractivity contribution in [1.82, 2.24) is 4.98 Å². The van der Waals surface area contributed by atoms with Crippen LogP contribution in [-0.4, -0.2) is 36.9 Å². The zero-order chi connectivity index (χ0) is 20.3. The van der Waals surface area contributed by atoms with Crippen LogP contribution in [0.5, 0.6) is 11.6 Å². The topological polar surface area (TPSA) is 77.9 Å². The van der Waals surface area contributed by atoms with Gasteiger partial charge in [-0.1, -0.05) is 12.1 Å². The highest BCUT2D eigenvalue weighted by Crippen LogP contribution is 2.48. The third-order valence-electron chi connectivity index (χ3n) is 5.10. The molecule has 1 saturated carbocycles. The number of aliphatic hydroxyl groups excluding tert-OH is 1. The van der Waals surface area contributed by atoms with Crippen LogP contribution < -0.4 is 9.47 Å². The van der Waals surface area contributed by atoms with E-state index in [0.29, 0.717) is 29.4 Å². The summed E-state index contributed by atoms with van der Waals surface area (Å²) in [5.74, 6) is -0.243. The maximum Gasteiger partial charge on any atom is 0.311 e. The quantitative estimate of drug-likeness (QED) is 0.699. The van der Waals surface area contributed by atoms with E-state index in [1.165, 1.54) is 20.4 Å². The minimum Gasteiger partial charge on any atom is -0.493 e. The summed E-state index contributed by atoms with van der Waals surface area (Å²) in [5, 5.41) is 10.4. The van der Waals surface area contributed by atoms with Gasteiger partial charge in [0.25, 0.3) is 0 Å². The van der Waals surface area contributed by atoms with Gasteiger partial charge in [0.2, 0.25) is 5.88 Å². The van der Waals surface area contributed by atoms with E-state index in [1.807, 2.05) is 0 Å². The van der Waals surface area contributed by atoms with Gasteiger partial charge in [0, 0.05) is 12.0 Å². The molecule has 6 nitrogen and oxygen atoms in total. The highest BCUT2D eigenvalue weighted by atomic mass is 19.1. The number of carbonyl (C=O) groups excluding carboxylic acids is 1. The van der Waals surface area contributed by atoms with Gasteiger partial charge in [-0.15, -0.1) is 0 Å². The largest absolute Gasteiger partial charge is 0.493 e. The van der Waals surface area contributed by atoms with Crippen LogP contribution in [0.15, 0.2) is 36.5 Å². The van der Waals surface area contributed by atoms with Crippen molar-refractivity contribution in [3.63, 3.8) is 0 Å². The molecule has 1 aliphatic carbocycles. The lowest BCUT2D eigenvalue weighted by atomic mass is 9.97. The molecule has 0 aliphatic heterocycles. The number of carbonyl (C=O) groups is 1. The summed E-state index contributed by atoms with van der Waals surface area (Å²) in [6, 6.07) is 8.61. The standard InChI is InChI=1S/C21H24FNO5/c1-12(21(25)27-3)20(24)13-5-4-6-15(7-13)28-11-14-8-16(14)17-9-19(26-2)23-10-18(17)22/h4-7,9-10,12,14,16,20,24H,8,11H2,1-3H3/t12-,14?,16?,20+/m0/s1. The number of ether oxygens (including phenoxy) is 3. The van der Waals surface area contributed by atoms with Crippen molar-refractivity contribution < 1.29 is 28.5 Å². The molecule has 1 N–H and O–H groups in total. The molecule has 1 aromatic heterocycles. The Morgan fingerprint density at radius 2 is 2.14 bits per heavy atom. The molecular weight excluding hydrogens is 365 g/mol. The lowest BCUT2D eigenvalue weighted by molar-refractivity contribution is -0.148. The van der Waals surface area contributed by atoms with Crippen molar-refractivity contribution in [2.24, 2.45) is 11.8 Å². The Bertz CT molecular complexity index is 843. The maximum absolute atomic E-state index is 14.0. The van der Waals surface area contributed by atoms with E-state index < -0.39 is 18.0 Å². The molecule has 1 fully saturated rings. The number of hydrogen-bond acceptors (Lipinski definition) is 6. The molecule has 28 heavy (non-hydrogen) atoms. The Morgan fingerprint density at radius 1 is 1.36 bits per heavy atom. The minimum absolute atomic E-state index is 0.0741.